The van der Waals surface area contributed by atoms with Crippen molar-refractivity contribution in [3.05, 3.63) is 95.0 Å². The van der Waals surface area contributed by atoms with Crippen molar-refractivity contribution in [1.29, 1.82) is 0 Å². The molecule has 3 aromatic rings. The Kier molecular flexibility index (Phi) is 10.5. The molecule has 0 heterocycles. The predicted octanol–water partition coefficient (Wildman–Crippen LogP) is 6.10. The molecular weight excluding hydrogens is 558 g/mol. The molecule has 0 radical (unpaired) electrons. The molecule has 1 saturated carbocycles. The van der Waals surface area contributed by atoms with E-state index in [9.17, 15) is 18.0 Å². The molecule has 2 amide bonds. The van der Waals surface area contributed by atoms with Gasteiger partial charge in [0.25, 0.3) is 10.0 Å². The van der Waals surface area contributed by atoms with Crippen LogP contribution in [0.1, 0.15) is 56.6 Å². The zero-order chi connectivity index (χ0) is 29.4. The van der Waals surface area contributed by atoms with Crippen LogP contribution in [0.2, 0.25) is 5.02 Å². The fourth-order valence-electron chi connectivity index (χ4n) is 5.32. The predicted molar refractivity (Wildman–Crippen MR) is 163 cm³/mol. The van der Waals surface area contributed by atoms with E-state index in [1.165, 1.54) is 17.0 Å². The number of carbonyl (C=O) groups is 2. The molecule has 3 aromatic carbocycles. The number of nitrogens with zero attached hydrogens (tertiary/aromatic N) is 2. The van der Waals surface area contributed by atoms with E-state index in [0.717, 1.165) is 47.5 Å². The molecule has 1 fully saturated rings. The monoisotopic (exact) mass is 595 g/mol. The van der Waals surface area contributed by atoms with E-state index in [1.54, 1.807) is 42.5 Å². The lowest BCUT2D eigenvalue weighted by molar-refractivity contribution is -0.140. The first-order valence-corrected chi connectivity index (χ1v) is 16.0. The molecule has 1 unspecified atom stereocenters. The SMILES string of the molecule is CCC(C(=O)NC1CCCCC1)N(Cc1ccccc1C)C(=O)CN(c1ccccc1Cl)S(=O)(=O)c1ccccc1. The maximum Gasteiger partial charge on any atom is 0.264 e. The van der Waals surface area contributed by atoms with Gasteiger partial charge in [-0.2, -0.15) is 0 Å². The second-order valence-electron chi connectivity index (χ2n) is 10.5. The van der Waals surface area contributed by atoms with Gasteiger partial charge in [0.2, 0.25) is 11.8 Å². The maximum absolute atomic E-state index is 14.2. The van der Waals surface area contributed by atoms with Gasteiger partial charge in [-0.05, 0) is 61.6 Å². The van der Waals surface area contributed by atoms with Gasteiger partial charge >= 0.3 is 0 Å². The Morgan fingerprint density at radius 3 is 2.22 bits per heavy atom. The average molecular weight is 596 g/mol. The van der Waals surface area contributed by atoms with Crippen molar-refractivity contribution in [3.63, 3.8) is 0 Å². The van der Waals surface area contributed by atoms with Crippen LogP contribution in [0, 0.1) is 6.92 Å². The minimum Gasteiger partial charge on any atom is -0.352 e. The number of benzene rings is 3. The number of nitrogens with one attached hydrogen (secondary N) is 1. The number of anilines is 1. The molecule has 0 saturated heterocycles. The summed E-state index contributed by atoms with van der Waals surface area (Å²) in [5, 5.41) is 3.37. The number of amides is 2. The highest BCUT2D eigenvalue weighted by Crippen LogP contribution is 2.31. The molecule has 1 atom stereocenters. The number of carbonyl (C=O) groups excluding carboxylic acids is 2. The van der Waals surface area contributed by atoms with Crippen LogP contribution in [0.25, 0.3) is 0 Å². The summed E-state index contributed by atoms with van der Waals surface area (Å²) in [5.41, 5.74) is 2.06. The molecule has 41 heavy (non-hydrogen) atoms. The van der Waals surface area contributed by atoms with Crippen LogP contribution in [0.15, 0.2) is 83.8 Å². The van der Waals surface area contributed by atoms with Gasteiger partial charge in [0.15, 0.2) is 0 Å². The molecule has 0 aliphatic heterocycles. The zero-order valence-corrected chi connectivity index (χ0v) is 25.2. The van der Waals surface area contributed by atoms with E-state index in [2.05, 4.69) is 5.32 Å². The third-order valence-corrected chi connectivity index (χ3v) is 9.76. The van der Waals surface area contributed by atoms with Crippen molar-refractivity contribution in [2.24, 2.45) is 0 Å². The molecule has 1 aliphatic rings. The van der Waals surface area contributed by atoms with Crippen LogP contribution in [-0.4, -0.2) is 43.8 Å². The quantitative estimate of drug-likeness (QED) is 0.290. The Morgan fingerprint density at radius 1 is 0.927 bits per heavy atom. The summed E-state index contributed by atoms with van der Waals surface area (Å²) in [7, 11) is -4.16. The summed E-state index contributed by atoms with van der Waals surface area (Å²) in [5.74, 6) is -0.699. The third-order valence-electron chi connectivity index (χ3n) is 7.67. The fraction of sp³-hybridized carbons (Fsp3) is 0.375. The van der Waals surface area contributed by atoms with Crippen LogP contribution in [0.4, 0.5) is 5.69 Å². The van der Waals surface area contributed by atoms with Crippen LogP contribution in [-0.2, 0) is 26.2 Å². The molecule has 0 bridgehead atoms. The molecule has 218 valence electrons. The van der Waals surface area contributed by atoms with Crippen LogP contribution in [0.3, 0.4) is 0 Å². The number of aryl methyl sites for hydroxylation is 1. The molecule has 0 aromatic heterocycles. The normalized spacial score (nSPS) is 14.7. The van der Waals surface area contributed by atoms with Crippen LogP contribution < -0.4 is 9.62 Å². The minimum absolute atomic E-state index is 0.0419. The molecule has 7 nitrogen and oxygen atoms in total. The maximum atomic E-state index is 14.2. The van der Waals surface area contributed by atoms with E-state index in [1.807, 2.05) is 38.1 Å². The van der Waals surface area contributed by atoms with Gasteiger partial charge in [-0.25, -0.2) is 8.42 Å². The topological polar surface area (TPSA) is 86.8 Å². The van der Waals surface area contributed by atoms with E-state index >= 15 is 0 Å². The third kappa shape index (κ3) is 7.49. The molecule has 1 N–H and O–H groups in total. The summed E-state index contributed by atoms with van der Waals surface area (Å²) in [4.78, 5) is 29.4. The second kappa shape index (κ2) is 14.0. The van der Waals surface area contributed by atoms with Crippen LogP contribution >= 0.6 is 11.6 Å². The Bertz CT molecular complexity index is 1440. The summed E-state index contributed by atoms with van der Waals surface area (Å²) in [6.45, 7) is 3.48. The molecule has 0 spiro atoms. The number of halogens is 1. The first-order chi connectivity index (χ1) is 19.7. The van der Waals surface area contributed by atoms with Crippen molar-refractivity contribution < 1.29 is 18.0 Å². The van der Waals surface area contributed by atoms with Crippen molar-refractivity contribution in [2.75, 3.05) is 10.8 Å². The fourth-order valence-corrected chi connectivity index (χ4v) is 7.06. The standard InChI is InChI=1S/C32H38ClN3O4S/c1-3-29(32(38)34-26-16-6-4-7-17-26)35(22-25-15-11-10-14-24(25)2)31(37)23-36(30-21-13-12-20-28(30)33)41(39,40)27-18-8-5-9-19-27/h5,8-15,18-21,26,29H,3-4,6-7,16-17,22-23H2,1-2H3,(H,34,38). The Hall–Kier alpha value is -3.36. The van der Waals surface area contributed by atoms with E-state index in [4.69, 9.17) is 11.6 Å². The van der Waals surface area contributed by atoms with Crippen molar-refractivity contribution in [3.8, 4) is 0 Å². The van der Waals surface area contributed by atoms with Gasteiger partial charge in [-0.3, -0.25) is 13.9 Å². The first kappa shape index (κ1) is 30.6. The molecule has 1 aliphatic carbocycles. The van der Waals surface area contributed by atoms with Crippen molar-refractivity contribution >= 4 is 39.1 Å². The smallest absolute Gasteiger partial charge is 0.264 e. The number of rotatable bonds is 11. The zero-order valence-electron chi connectivity index (χ0n) is 23.6. The molecule has 4 rings (SSSR count). The molecular formula is C32H38ClN3O4S. The van der Waals surface area contributed by atoms with E-state index in [0.29, 0.717) is 6.42 Å². The summed E-state index contributed by atoms with van der Waals surface area (Å²) >= 11 is 6.48. The average Bonchev–Trinajstić information content (AvgIpc) is 2.98. The Morgan fingerprint density at radius 2 is 1.56 bits per heavy atom. The Balaban J connectivity index is 1.71. The van der Waals surface area contributed by atoms with Gasteiger partial charge < -0.3 is 10.2 Å². The first-order valence-electron chi connectivity index (χ1n) is 14.2. The highest BCUT2D eigenvalue weighted by atomic mass is 35.5. The lowest BCUT2D eigenvalue weighted by Gasteiger charge is -2.35. The number of hydrogen-bond acceptors (Lipinski definition) is 4. The minimum atomic E-state index is -4.16. The van der Waals surface area contributed by atoms with Crippen LogP contribution in [0.5, 0.6) is 0 Å². The largest absolute Gasteiger partial charge is 0.352 e. The summed E-state index contributed by atoms with van der Waals surface area (Å²) < 4.78 is 28.9. The lowest BCUT2D eigenvalue weighted by atomic mass is 9.95. The van der Waals surface area contributed by atoms with E-state index in [-0.39, 0.29) is 34.1 Å². The lowest BCUT2D eigenvalue weighted by Crippen LogP contribution is -2.54. The number of hydrogen-bond donors (Lipinski definition) is 1. The van der Waals surface area contributed by atoms with Gasteiger partial charge in [0, 0.05) is 12.6 Å². The Labute approximate surface area is 248 Å². The summed E-state index contributed by atoms with van der Waals surface area (Å²) in [6, 6.07) is 21.5. The highest BCUT2D eigenvalue weighted by Gasteiger charge is 2.35. The summed E-state index contributed by atoms with van der Waals surface area (Å²) in [6.07, 6.45) is 5.52. The number of para-hydroxylation sites is 1. The van der Waals surface area contributed by atoms with Crippen molar-refractivity contribution in [2.45, 2.75) is 75.9 Å². The van der Waals surface area contributed by atoms with Gasteiger partial charge in [-0.15, -0.1) is 0 Å². The number of sulfonamides is 1. The molecule has 9 heteroatoms. The second-order valence-corrected chi connectivity index (χ2v) is 12.8. The highest BCUT2D eigenvalue weighted by molar-refractivity contribution is 7.92. The van der Waals surface area contributed by atoms with Gasteiger partial charge in [0.1, 0.15) is 12.6 Å². The van der Waals surface area contributed by atoms with Gasteiger partial charge in [-0.1, -0.05) is 92.4 Å². The van der Waals surface area contributed by atoms with Crippen molar-refractivity contribution in [1.82, 2.24) is 10.2 Å². The van der Waals surface area contributed by atoms with E-state index < -0.39 is 28.5 Å². The van der Waals surface area contributed by atoms with Gasteiger partial charge in [0.05, 0.1) is 15.6 Å².